The van der Waals surface area contributed by atoms with Crippen molar-refractivity contribution in [3.05, 3.63) is 28.2 Å². The number of rotatable bonds is 1. The van der Waals surface area contributed by atoms with Crippen LogP contribution in [0.2, 0.25) is 0 Å². The molecule has 0 aromatic carbocycles. The van der Waals surface area contributed by atoms with Gasteiger partial charge in [0.15, 0.2) is 0 Å². The summed E-state index contributed by atoms with van der Waals surface area (Å²) in [5.74, 6) is 0.0460. The Hall–Kier alpha value is -0.940. The molecule has 2 aromatic heterocycles. The molecule has 5 heteroatoms. The molecule has 0 radical (unpaired) electrons. The van der Waals surface area contributed by atoms with E-state index >= 15 is 0 Å². The molecule has 0 aliphatic carbocycles. The third kappa shape index (κ3) is 1.87. The van der Waals surface area contributed by atoms with Gasteiger partial charge in [-0.3, -0.25) is 4.98 Å². The van der Waals surface area contributed by atoms with Crippen LogP contribution < -0.4 is 0 Å². The summed E-state index contributed by atoms with van der Waals surface area (Å²) < 4.78 is 0.928. The first-order valence-electron chi connectivity index (χ1n) is 3.52. The van der Waals surface area contributed by atoms with Crippen molar-refractivity contribution < 1.29 is 5.11 Å². The lowest BCUT2D eigenvalue weighted by atomic mass is 10.4. The molecule has 1 N–H and O–H groups in total. The van der Waals surface area contributed by atoms with Crippen LogP contribution in [0.3, 0.4) is 0 Å². The minimum atomic E-state index is 0.0460. The van der Waals surface area contributed by atoms with Gasteiger partial charge in [0.2, 0.25) is 5.88 Å². The van der Waals surface area contributed by atoms with Crippen LogP contribution in [-0.2, 0) is 0 Å². The third-order valence-electron chi connectivity index (χ3n) is 1.44. The van der Waals surface area contributed by atoms with Crippen LogP contribution in [0.15, 0.2) is 28.2 Å². The number of hydrogen-bond donors (Lipinski definition) is 1. The van der Waals surface area contributed by atoms with Crippen LogP contribution in [0, 0.1) is 0 Å². The van der Waals surface area contributed by atoms with Crippen LogP contribution in [0.5, 0.6) is 5.88 Å². The van der Waals surface area contributed by atoms with Gasteiger partial charge >= 0.3 is 0 Å². The van der Waals surface area contributed by atoms with Gasteiger partial charge in [0.1, 0.15) is 5.01 Å². The summed E-state index contributed by atoms with van der Waals surface area (Å²) in [6.07, 6.45) is 1.70. The topological polar surface area (TPSA) is 46.0 Å². The van der Waals surface area contributed by atoms with Gasteiger partial charge < -0.3 is 5.11 Å². The number of pyridine rings is 1. The van der Waals surface area contributed by atoms with Crippen molar-refractivity contribution >= 4 is 27.3 Å². The molecule has 13 heavy (non-hydrogen) atoms. The zero-order chi connectivity index (χ0) is 9.26. The molecule has 0 unspecified atom stereocenters. The molecule has 0 saturated carbocycles. The van der Waals surface area contributed by atoms with Gasteiger partial charge in [-0.25, -0.2) is 4.98 Å². The molecule has 66 valence electrons. The summed E-state index contributed by atoms with van der Waals surface area (Å²) in [6, 6.07) is 3.74. The highest BCUT2D eigenvalue weighted by atomic mass is 79.9. The molecule has 0 aliphatic heterocycles. The van der Waals surface area contributed by atoms with Crippen molar-refractivity contribution in [2.45, 2.75) is 0 Å². The van der Waals surface area contributed by atoms with E-state index < -0.39 is 0 Å². The average molecular weight is 257 g/mol. The quantitative estimate of drug-likeness (QED) is 0.854. The zero-order valence-corrected chi connectivity index (χ0v) is 8.84. The van der Waals surface area contributed by atoms with Crippen LogP contribution in [0.1, 0.15) is 0 Å². The van der Waals surface area contributed by atoms with E-state index in [1.54, 1.807) is 11.6 Å². The van der Waals surface area contributed by atoms with Gasteiger partial charge in [0, 0.05) is 10.7 Å². The van der Waals surface area contributed by atoms with Crippen molar-refractivity contribution in [3.8, 4) is 16.6 Å². The van der Waals surface area contributed by atoms with E-state index in [0.717, 1.165) is 15.2 Å². The summed E-state index contributed by atoms with van der Waals surface area (Å²) in [5.41, 5.74) is 0.772. The number of thiazole rings is 1. The molecule has 0 spiro atoms. The number of nitrogens with zero attached hydrogens (tertiary/aromatic N) is 2. The maximum absolute atomic E-state index is 9.03. The Morgan fingerprint density at radius 1 is 1.38 bits per heavy atom. The summed E-state index contributed by atoms with van der Waals surface area (Å²) >= 11 is 4.66. The van der Waals surface area contributed by atoms with Crippen LogP contribution in [0.4, 0.5) is 0 Å². The predicted molar refractivity (Wildman–Crippen MR) is 54.7 cm³/mol. The molecule has 0 saturated heterocycles. The van der Waals surface area contributed by atoms with E-state index in [1.807, 2.05) is 12.1 Å². The van der Waals surface area contributed by atoms with Gasteiger partial charge in [-0.2, -0.15) is 0 Å². The second kappa shape index (κ2) is 3.43. The Kier molecular flexibility index (Phi) is 2.28. The van der Waals surface area contributed by atoms with E-state index in [-0.39, 0.29) is 5.88 Å². The Morgan fingerprint density at radius 2 is 2.23 bits per heavy atom. The van der Waals surface area contributed by atoms with Gasteiger partial charge in [-0.1, -0.05) is 0 Å². The number of halogens is 1. The normalized spacial score (nSPS) is 10.2. The highest BCUT2D eigenvalue weighted by Crippen LogP contribution is 2.25. The van der Waals surface area contributed by atoms with Gasteiger partial charge in [-0.15, -0.1) is 11.3 Å². The smallest absolute Gasteiger partial charge is 0.222 e. The van der Waals surface area contributed by atoms with Crippen molar-refractivity contribution in [2.24, 2.45) is 0 Å². The number of hydrogen-bond acceptors (Lipinski definition) is 4. The Morgan fingerprint density at radius 3 is 2.77 bits per heavy atom. The first-order valence-corrected chi connectivity index (χ1v) is 5.19. The summed E-state index contributed by atoms with van der Waals surface area (Å²) in [5, 5.41) is 11.3. The van der Waals surface area contributed by atoms with E-state index in [0.29, 0.717) is 0 Å². The molecule has 0 fully saturated rings. The molecule has 2 aromatic rings. The molecule has 0 bridgehead atoms. The SMILES string of the molecule is Oc1csc(-c2ccc(Br)cn2)n1. The highest BCUT2D eigenvalue weighted by Gasteiger charge is 2.03. The van der Waals surface area contributed by atoms with Crippen LogP contribution in [0.25, 0.3) is 10.7 Å². The first-order chi connectivity index (χ1) is 6.25. The first kappa shape index (κ1) is 8.65. The van der Waals surface area contributed by atoms with E-state index in [4.69, 9.17) is 5.11 Å². The number of aromatic nitrogens is 2. The lowest BCUT2D eigenvalue weighted by molar-refractivity contribution is 0.458. The summed E-state index contributed by atoms with van der Waals surface area (Å²) in [6.45, 7) is 0. The second-order valence-electron chi connectivity index (χ2n) is 2.37. The standard InChI is InChI=1S/C8H5BrN2OS/c9-5-1-2-6(10-3-5)8-11-7(12)4-13-8/h1-4,12H. The lowest BCUT2D eigenvalue weighted by Gasteiger charge is -1.93. The molecule has 0 amide bonds. The van der Waals surface area contributed by atoms with Gasteiger partial charge in [-0.05, 0) is 28.1 Å². The van der Waals surface area contributed by atoms with E-state index in [1.165, 1.54) is 11.3 Å². The van der Waals surface area contributed by atoms with E-state index in [9.17, 15) is 0 Å². The van der Waals surface area contributed by atoms with Crippen molar-refractivity contribution in [3.63, 3.8) is 0 Å². The minimum absolute atomic E-state index is 0.0460. The summed E-state index contributed by atoms with van der Waals surface area (Å²) in [7, 11) is 0. The Balaban J connectivity index is 2.41. The fraction of sp³-hybridized carbons (Fsp3) is 0. The largest absolute Gasteiger partial charge is 0.493 e. The van der Waals surface area contributed by atoms with Crippen molar-refractivity contribution in [1.82, 2.24) is 9.97 Å². The molecule has 3 nitrogen and oxygen atoms in total. The second-order valence-corrected chi connectivity index (χ2v) is 4.15. The van der Waals surface area contributed by atoms with Crippen LogP contribution >= 0.6 is 27.3 Å². The summed E-state index contributed by atoms with van der Waals surface area (Å²) in [4.78, 5) is 8.06. The number of aromatic hydroxyl groups is 1. The van der Waals surface area contributed by atoms with Crippen LogP contribution in [-0.4, -0.2) is 15.1 Å². The zero-order valence-electron chi connectivity index (χ0n) is 6.44. The molecular weight excluding hydrogens is 252 g/mol. The monoisotopic (exact) mass is 256 g/mol. The van der Waals surface area contributed by atoms with Gasteiger partial charge in [0.25, 0.3) is 0 Å². The molecule has 2 heterocycles. The van der Waals surface area contributed by atoms with Gasteiger partial charge in [0.05, 0.1) is 11.1 Å². The highest BCUT2D eigenvalue weighted by molar-refractivity contribution is 9.10. The van der Waals surface area contributed by atoms with Crippen molar-refractivity contribution in [1.29, 1.82) is 0 Å². The minimum Gasteiger partial charge on any atom is -0.493 e. The molecule has 2 rings (SSSR count). The average Bonchev–Trinajstić information content (AvgIpc) is 2.53. The Labute approximate surface area is 87.2 Å². The van der Waals surface area contributed by atoms with Crippen molar-refractivity contribution in [2.75, 3.05) is 0 Å². The fourth-order valence-corrected chi connectivity index (χ4v) is 1.78. The molecular formula is C8H5BrN2OS. The maximum atomic E-state index is 9.03. The molecule has 0 aliphatic rings. The lowest BCUT2D eigenvalue weighted by Crippen LogP contribution is -1.80. The third-order valence-corrected chi connectivity index (χ3v) is 2.76. The predicted octanol–water partition coefficient (Wildman–Crippen LogP) is 2.67. The molecule has 0 atom stereocenters. The fourth-order valence-electron chi connectivity index (χ4n) is 0.885. The van der Waals surface area contributed by atoms with E-state index in [2.05, 4.69) is 25.9 Å². The Bertz CT molecular complexity index is 412. The maximum Gasteiger partial charge on any atom is 0.222 e.